The third kappa shape index (κ3) is 0.827. The average Bonchev–Trinajstić information content (AvgIpc) is 2.31. The first-order chi connectivity index (χ1) is 5.68. The van der Waals surface area contributed by atoms with E-state index in [1.165, 1.54) is 4.68 Å². The first-order valence-corrected chi connectivity index (χ1v) is 3.56. The van der Waals surface area contributed by atoms with E-state index in [4.69, 9.17) is 0 Å². The molecule has 5 heteroatoms. The van der Waals surface area contributed by atoms with Gasteiger partial charge in [-0.15, -0.1) is 0 Å². The van der Waals surface area contributed by atoms with E-state index in [9.17, 15) is 4.79 Å². The lowest BCUT2D eigenvalue weighted by atomic mass is 10.4. The Morgan fingerprint density at radius 3 is 3.00 bits per heavy atom. The number of rotatable bonds is 0. The molecule has 12 heavy (non-hydrogen) atoms. The molecule has 0 saturated heterocycles. The summed E-state index contributed by atoms with van der Waals surface area (Å²) in [6, 6.07) is 0. The second-order valence-corrected chi connectivity index (χ2v) is 2.69. The molecule has 0 amide bonds. The Bertz CT molecular complexity index is 482. The van der Waals surface area contributed by atoms with Crippen LogP contribution in [0.1, 0.15) is 5.56 Å². The monoisotopic (exact) mass is 164 g/mol. The molecule has 0 radical (unpaired) electrons. The Kier molecular flexibility index (Phi) is 1.27. The van der Waals surface area contributed by atoms with Crippen LogP contribution in [-0.2, 0) is 7.05 Å². The molecule has 2 heterocycles. The Labute approximate surface area is 68.3 Å². The number of fused-ring (bicyclic) bond motifs is 1. The molecule has 0 spiro atoms. The standard InChI is InChI=1S/C7H8N4O/c1-5-3-8-6-9-7(12)10(2)11(6)4-5/h3-4H,1-2H3. The molecule has 5 nitrogen and oxygen atoms in total. The zero-order valence-electron chi connectivity index (χ0n) is 6.85. The van der Waals surface area contributed by atoms with Gasteiger partial charge in [-0.05, 0) is 12.5 Å². The summed E-state index contributed by atoms with van der Waals surface area (Å²) >= 11 is 0. The van der Waals surface area contributed by atoms with Crippen molar-refractivity contribution in [3.05, 3.63) is 28.4 Å². The highest BCUT2D eigenvalue weighted by atomic mass is 16.2. The number of aryl methyl sites for hydroxylation is 2. The van der Waals surface area contributed by atoms with Gasteiger partial charge < -0.3 is 0 Å². The van der Waals surface area contributed by atoms with Gasteiger partial charge in [0.15, 0.2) is 0 Å². The summed E-state index contributed by atoms with van der Waals surface area (Å²) in [4.78, 5) is 18.7. The van der Waals surface area contributed by atoms with Crippen LogP contribution in [0.3, 0.4) is 0 Å². The fraction of sp³-hybridized carbons (Fsp3) is 0.286. The molecule has 0 atom stereocenters. The number of hydrogen-bond acceptors (Lipinski definition) is 3. The van der Waals surface area contributed by atoms with E-state index in [2.05, 4.69) is 9.97 Å². The molecule has 0 saturated carbocycles. The molecule has 62 valence electrons. The third-order valence-electron chi connectivity index (χ3n) is 1.71. The number of hydrogen-bond donors (Lipinski definition) is 0. The lowest BCUT2D eigenvalue weighted by Gasteiger charge is -1.96. The minimum atomic E-state index is -0.284. The second-order valence-electron chi connectivity index (χ2n) is 2.69. The molecule has 0 aliphatic rings. The van der Waals surface area contributed by atoms with Crippen LogP contribution in [0.2, 0.25) is 0 Å². The van der Waals surface area contributed by atoms with E-state index in [1.807, 2.05) is 13.1 Å². The van der Waals surface area contributed by atoms with Crippen molar-refractivity contribution in [1.82, 2.24) is 19.2 Å². The molecule has 0 aromatic carbocycles. The number of nitrogens with zero attached hydrogens (tertiary/aromatic N) is 4. The molecular weight excluding hydrogens is 156 g/mol. The lowest BCUT2D eigenvalue weighted by Crippen LogP contribution is -2.16. The molecule has 0 bridgehead atoms. The molecule has 2 rings (SSSR count). The van der Waals surface area contributed by atoms with Gasteiger partial charge in [-0.25, -0.2) is 19.0 Å². The van der Waals surface area contributed by atoms with Gasteiger partial charge in [0.05, 0.1) is 0 Å². The van der Waals surface area contributed by atoms with Crippen molar-refractivity contribution in [3.8, 4) is 0 Å². The van der Waals surface area contributed by atoms with E-state index in [0.29, 0.717) is 5.78 Å². The Morgan fingerprint density at radius 2 is 2.25 bits per heavy atom. The molecule has 0 N–H and O–H groups in total. The van der Waals surface area contributed by atoms with E-state index in [-0.39, 0.29) is 5.69 Å². The van der Waals surface area contributed by atoms with E-state index in [0.717, 1.165) is 5.56 Å². The van der Waals surface area contributed by atoms with Crippen LogP contribution in [-0.4, -0.2) is 19.2 Å². The highest BCUT2D eigenvalue weighted by Crippen LogP contribution is 1.95. The fourth-order valence-electron chi connectivity index (χ4n) is 1.05. The van der Waals surface area contributed by atoms with E-state index >= 15 is 0 Å². The minimum Gasteiger partial charge on any atom is -0.244 e. The van der Waals surface area contributed by atoms with Crippen molar-refractivity contribution in [1.29, 1.82) is 0 Å². The van der Waals surface area contributed by atoms with Crippen LogP contribution in [0.5, 0.6) is 0 Å². The van der Waals surface area contributed by atoms with Crippen molar-refractivity contribution >= 4 is 5.78 Å². The molecule has 0 aliphatic carbocycles. The predicted molar refractivity (Wildman–Crippen MR) is 43.0 cm³/mol. The quantitative estimate of drug-likeness (QED) is 0.539. The Hall–Kier alpha value is -1.65. The molecule has 0 unspecified atom stereocenters. The van der Waals surface area contributed by atoms with Gasteiger partial charge in [0.2, 0.25) is 0 Å². The maximum Gasteiger partial charge on any atom is 0.365 e. The van der Waals surface area contributed by atoms with Crippen LogP contribution in [0, 0.1) is 6.92 Å². The van der Waals surface area contributed by atoms with Crippen LogP contribution in [0.15, 0.2) is 17.2 Å². The van der Waals surface area contributed by atoms with Crippen molar-refractivity contribution < 1.29 is 0 Å². The molecular formula is C7H8N4O. The van der Waals surface area contributed by atoms with Crippen molar-refractivity contribution in [2.45, 2.75) is 6.92 Å². The first kappa shape index (κ1) is 7.02. The Morgan fingerprint density at radius 1 is 1.50 bits per heavy atom. The van der Waals surface area contributed by atoms with Gasteiger partial charge in [-0.2, -0.15) is 4.98 Å². The van der Waals surface area contributed by atoms with Crippen molar-refractivity contribution in [2.75, 3.05) is 0 Å². The maximum atomic E-state index is 11.0. The second kappa shape index (κ2) is 2.17. The highest BCUT2D eigenvalue weighted by Gasteiger charge is 2.02. The normalized spacial score (nSPS) is 10.8. The SMILES string of the molecule is Cc1cnc2nc(=O)n(C)n2c1. The summed E-state index contributed by atoms with van der Waals surface area (Å²) in [5, 5.41) is 0. The lowest BCUT2D eigenvalue weighted by molar-refractivity contribution is 0.670. The topological polar surface area (TPSA) is 52.2 Å². The summed E-state index contributed by atoms with van der Waals surface area (Å²) in [5.74, 6) is 0.438. The maximum absolute atomic E-state index is 11.0. The number of aromatic nitrogens is 4. The summed E-state index contributed by atoms with van der Waals surface area (Å²) in [6.07, 6.45) is 3.50. The van der Waals surface area contributed by atoms with Crippen LogP contribution in [0.4, 0.5) is 0 Å². The first-order valence-electron chi connectivity index (χ1n) is 3.56. The third-order valence-corrected chi connectivity index (χ3v) is 1.71. The summed E-state index contributed by atoms with van der Waals surface area (Å²) in [7, 11) is 1.66. The van der Waals surface area contributed by atoms with Gasteiger partial charge in [-0.1, -0.05) is 0 Å². The average molecular weight is 164 g/mol. The van der Waals surface area contributed by atoms with Crippen LogP contribution >= 0.6 is 0 Å². The van der Waals surface area contributed by atoms with Crippen LogP contribution in [0.25, 0.3) is 5.78 Å². The summed E-state index contributed by atoms with van der Waals surface area (Å²) < 4.78 is 3.03. The molecule has 0 aliphatic heterocycles. The molecule has 2 aromatic rings. The zero-order chi connectivity index (χ0) is 8.72. The zero-order valence-corrected chi connectivity index (χ0v) is 6.85. The largest absolute Gasteiger partial charge is 0.365 e. The minimum absolute atomic E-state index is 0.284. The van der Waals surface area contributed by atoms with Crippen LogP contribution < -0.4 is 5.69 Å². The van der Waals surface area contributed by atoms with Crippen molar-refractivity contribution in [3.63, 3.8) is 0 Å². The van der Waals surface area contributed by atoms with E-state index in [1.54, 1.807) is 17.8 Å². The van der Waals surface area contributed by atoms with Gasteiger partial charge in [0.25, 0.3) is 5.78 Å². The summed E-state index contributed by atoms with van der Waals surface area (Å²) in [5.41, 5.74) is 0.712. The van der Waals surface area contributed by atoms with Gasteiger partial charge >= 0.3 is 5.69 Å². The Balaban J connectivity index is 2.98. The van der Waals surface area contributed by atoms with Gasteiger partial charge in [0.1, 0.15) is 0 Å². The molecule has 0 fully saturated rings. The fourth-order valence-corrected chi connectivity index (χ4v) is 1.05. The highest BCUT2D eigenvalue weighted by molar-refractivity contribution is 5.25. The van der Waals surface area contributed by atoms with Crippen molar-refractivity contribution in [2.24, 2.45) is 7.05 Å². The predicted octanol–water partition coefficient (Wildman–Crippen LogP) is -0.264. The van der Waals surface area contributed by atoms with Gasteiger partial charge in [0, 0.05) is 19.4 Å². The smallest absolute Gasteiger partial charge is 0.244 e. The summed E-state index contributed by atoms with van der Waals surface area (Å²) in [6.45, 7) is 1.91. The van der Waals surface area contributed by atoms with Gasteiger partial charge in [-0.3, -0.25) is 0 Å². The van der Waals surface area contributed by atoms with E-state index < -0.39 is 0 Å². The molecule has 2 aromatic heterocycles.